The summed E-state index contributed by atoms with van der Waals surface area (Å²) >= 11 is 1.30. The molecule has 2 amide bonds. The summed E-state index contributed by atoms with van der Waals surface area (Å²) < 4.78 is 27.5. The summed E-state index contributed by atoms with van der Waals surface area (Å²) in [5, 5.41) is 7.22. The molecule has 29 heavy (non-hydrogen) atoms. The molecule has 2 aromatic rings. The van der Waals surface area contributed by atoms with Crippen molar-refractivity contribution in [3.05, 3.63) is 51.7 Å². The SMILES string of the molecule is Cc1ccc(C)c(S(=O)(=O)NCCNC(=O)C(NC(=O)c2cccs2)C(C)C)c1. The Labute approximate surface area is 176 Å². The summed E-state index contributed by atoms with van der Waals surface area (Å²) in [7, 11) is -3.67. The van der Waals surface area contributed by atoms with E-state index < -0.39 is 16.1 Å². The second-order valence-electron chi connectivity index (χ2n) is 7.13. The van der Waals surface area contributed by atoms with Crippen molar-refractivity contribution in [1.82, 2.24) is 15.4 Å². The van der Waals surface area contributed by atoms with Crippen molar-refractivity contribution in [1.29, 1.82) is 0 Å². The number of carbonyl (C=O) groups is 2. The fraction of sp³-hybridized carbons (Fsp3) is 0.400. The molecular weight excluding hydrogens is 410 g/mol. The van der Waals surface area contributed by atoms with E-state index in [1.807, 2.05) is 26.8 Å². The van der Waals surface area contributed by atoms with E-state index in [0.29, 0.717) is 10.4 Å². The molecule has 0 aliphatic heterocycles. The fourth-order valence-electron chi connectivity index (χ4n) is 2.71. The van der Waals surface area contributed by atoms with Crippen molar-refractivity contribution < 1.29 is 18.0 Å². The first-order valence-corrected chi connectivity index (χ1v) is 11.7. The highest BCUT2D eigenvalue weighted by atomic mass is 32.2. The molecule has 0 spiro atoms. The number of hydrogen-bond acceptors (Lipinski definition) is 5. The van der Waals surface area contributed by atoms with Gasteiger partial charge in [-0.2, -0.15) is 0 Å². The smallest absolute Gasteiger partial charge is 0.262 e. The van der Waals surface area contributed by atoms with E-state index in [4.69, 9.17) is 0 Å². The Morgan fingerprint density at radius 2 is 1.83 bits per heavy atom. The highest BCUT2D eigenvalue weighted by molar-refractivity contribution is 7.89. The van der Waals surface area contributed by atoms with E-state index >= 15 is 0 Å². The molecule has 0 aliphatic rings. The molecule has 158 valence electrons. The molecule has 9 heteroatoms. The summed E-state index contributed by atoms with van der Waals surface area (Å²) in [4.78, 5) is 25.5. The quantitative estimate of drug-likeness (QED) is 0.523. The minimum atomic E-state index is -3.67. The van der Waals surface area contributed by atoms with Gasteiger partial charge < -0.3 is 10.6 Å². The monoisotopic (exact) mass is 437 g/mol. The van der Waals surface area contributed by atoms with Gasteiger partial charge in [0.1, 0.15) is 6.04 Å². The van der Waals surface area contributed by atoms with E-state index in [2.05, 4.69) is 15.4 Å². The summed E-state index contributed by atoms with van der Waals surface area (Å²) in [5.41, 5.74) is 1.51. The largest absolute Gasteiger partial charge is 0.353 e. The van der Waals surface area contributed by atoms with Crippen molar-refractivity contribution in [3.8, 4) is 0 Å². The van der Waals surface area contributed by atoms with Crippen LogP contribution in [0.15, 0.2) is 40.6 Å². The molecule has 1 aromatic carbocycles. The summed E-state index contributed by atoms with van der Waals surface area (Å²) in [6.07, 6.45) is 0. The Kier molecular flexibility index (Phi) is 7.95. The van der Waals surface area contributed by atoms with Crippen molar-refractivity contribution >= 4 is 33.2 Å². The van der Waals surface area contributed by atoms with Crippen LogP contribution in [-0.4, -0.2) is 39.4 Å². The zero-order valence-corrected chi connectivity index (χ0v) is 18.6. The molecule has 1 aromatic heterocycles. The third-order valence-corrected chi connectivity index (χ3v) is 6.80. The third-order valence-electron chi connectivity index (χ3n) is 4.33. The lowest BCUT2D eigenvalue weighted by Gasteiger charge is -2.21. The number of rotatable bonds is 9. The van der Waals surface area contributed by atoms with Gasteiger partial charge in [-0.3, -0.25) is 9.59 Å². The van der Waals surface area contributed by atoms with Crippen LogP contribution in [-0.2, 0) is 14.8 Å². The van der Waals surface area contributed by atoms with Gasteiger partial charge in [-0.15, -0.1) is 11.3 Å². The minimum absolute atomic E-state index is 0.0468. The molecule has 2 rings (SSSR count). The number of benzene rings is 1. The average Bonchev–Trinajstić information content (AvgIpc) is 3.19. The van der Waals surface area contributed by atoms with Crippen molar-refractivity contribution in [2.75, 3.05) is 13.1 Å². The zero-order valence-electron chi connectivity index (χ0n) is 17.0. The molecule has 1 atom stereocenters. The van der Waals surface area contributed by atoms with Gasteiger partial charge in [-0.05, 0) is 48.4 Å². The fourth-order valence-corrected chi connectivity index (χ4v) is 4.70. The van der Waals surface area contributed by atoms with Crippen LogP contribution in [0.25, 0.3) is 0 Å². The maximum absolute atomic E-state index is 12.5. The lowest BCUT2D eigenvalue weighted by molar-refractivity contribution is -0.123. The molecule has 0 radical (unpaired) electrons. The normalized spacial score (nSPS) is 12.6. The van der Waals surface area contributed by atoms with Gasteiger partial charge in [0.15, 0.2) is 0 Å². The standard InChI is InChI=1S/C20H27N3O4S2/c1-13(2)18(23-19(24)16-6-5-11-28-16)20(25)21-9-10-22-29(26,27)17-12-14(3)7-8-15(17)4/h5-8,11-13,18,22H,9-10H2,1-4H3,(H,21,25)(H,23,24). The number of hydrogen-bond donors (Lipinski definition) is 3. The second kappa shape index (κ2) is 10.00. The molecule has 0 fully saturated rings. The number of carbonyl (C=O) groups excluding carboxylic acids is 2. The van der Waals surface area contributed by atoms with Gasteiger partial charge in [-0.1, -0.05) is 32.0 Å². The predicted octanol–water partition coefficient (Wildman–Crippen LogP) is 2.21. The molecule has 0 saturated heterocycles. The van der Waals surface area contributed by atoms with Crippen LogP contribution >= 0.6 is 11.3 Å². The first kappa shape index (κ1) is 23.1. The van der Waals surface area contributed by atoms with Gasteiger partial charge in [0.2, 0.25) is 15.9 Å². The van der Waals surface area contributed by atoms with Crippen LogP contribution in [0.2, 0.25) is 0 Å². The summed E-state index contributed by atoms with van der Waals surface area (Å²) in [5.74, 6) is -0.772. The number of amides is 2. The van der Waals surface area contributed by atoms with Gasteiger partial charge in [-0.25, -0.2) is 13.1 Å². The van der Waals surface area contributed by atoms with Crippen LogP contribution < -0.4 is 15.4 Å². The lowest BCUT2D eigenvalue weighted by atomic mass is 10.0. The minimum Gasteiger partial charge on any atom is -0.353 e. The van der Waals surface area contributed by atoms with Crippen molar-refractivity contribution in [2.45, 2.75) is 38.6 Å². The Balaban J connectivity index is 1.90. The van der Waals surface area contributed by atoms with Crippen LogP contribution in [0.4, 0.5) is 0 Å². The van der Waals surface area contributed by atoms with E-state index in [9.17, 15) is 18.0 Å². The first-order chi connectivity index (χ1) is 13.6. The van der Waals surface area contributed by atoms with Crippen molar-refractivity contribution in [2.24, 2.45) is 5.92 Å². The summed E-state index contributed by atoms with van der Waals surface area (Å²) in [6.45, 7) is 7.39. The molecule has 0 saturated carbocycles. The van der Waals surface area contributed by atoms with Gasteiger partial charge in [0.05, 0.1) is 9.77 Å². The highest BCUT2D eigenvalue weighted by Gasteiger charge is 2.25. The van der Waals surface area contributed by atoms with Crippen LogP contribution in [0.1, 0.15) is 34.6 Å². The Morgan fingerprint density at radius 3 is 2.45 bits per heavy atom. The molecule has 1 heterocycles. The number of thiophene rings is 1. The van der Waals surface area contributed by atoms with Gasteiger partial charge >= 0.3 is 0 Å². The second-order valence-corrected chi connectivity index (χ2v) is 9.81. The first-order valence-electron chi connectivity index (χ1n) is 9.31. The van der Waals surface area contributed by atoms with Gasteiger partial charge in [0.25, 0.3) is 5.91 Å². The Hall–Kier alpha value is -2.23. The number of nitrogens with one attached hydrogen (secondary N) is 3. The zero-order chi connectivity index (χ0) is 21.6. The summed E-state index contributed by atoms with van der Waals surface area (Å²) in [6, 6.07) is 7.98. The maximum Gasteiger partial charge on any atom is 0.262 e. The Morgan fingerprint density at radius 1 is 1.10 bits per heavy atom. The van der Waals surface area contributed by atoms with Crippen molar-refractivity contribution in [3.63, 3.8) is 0 Å². The maximum atomic E-state index is 12.5. The molecule has 1 unspecified atom stereocenters. The van der Waals surface area contributed by atoms with E-state index in [1.54, 1.807) is 36.6 Å². The van der Waals surface area contributed by atoms with Crippen LogP contribution in [0.3, 0.4) is 0 Å². The van der Waals surface area contributed by atoms with Crippen LogP contribution in [0, 0.1) is 19.8 Å². The number of sulfonamides is 1. The third kappa shape index (κ3) is 6.38. The number of aryl methyl sites for hydroxylation is 2. The molecule has 0 aliphatic carbocycles. The van der Waals surface area contributed by atoms with Crippen LogP contribution in [0.5, 0.6) is 0 Å². The molecule has 3 N–H and O–H groups in total. The Bertz CT molecular complexity index is 954. The molecule has 0 bridgehead atoms. The average molecular weight is 438 g/mol. The predicted molar refractivity (Wildman–Crippen MR) is 115 cm³/mol. The molecular formula is C20H27N3O4S2. The van der Waals surface area contributed by atoms with E-state index in [-0.39, 0.29) is 35.7 Å². The topological polar surface area (TPSA) is 104 Å². The molecule has 7 nitrogen and oxygen atoms in total. The van der Waals surface area contributed by atoms with Gasteiger partial charge in [0, 0.05) is 13.1 Å². The van der Waals surface area contributed by atoms with E-state index in [0.717, 1.165) is 5.56 Å². The lowest BCUT2D eigenvalue weighted by Crippen LogP contribution is -2.50. The van der Waals surface area contributed by atoms with E-state index in [1.165, 1.54) is 11.3 Å². The highest BCUT2D eigenvalue weighted by Crippen LogP contribution is 2.16.